The molecule has 5 rings (SSSR count). The summed E-state index contributed by atoms with van der Waals surface area (Å²) in [6.07, 6.45) is 5.36. The van der Waals surface area contributed by atoms with Crippen LogP contribution in [-0.4, -0.2) is 43.8 Å². The van der Waals surface area contributed by atoms with Gasteiger partial charge < -0.3 is 10.2 Å². The van der Waals surface area contributed by atoms with Gasteiger partial charge in [-0.2, -0.15) is 0 Å². The first kappa shape index (κ1) is 34.4. The van der Waals surface area contributed by atoms with E-state index in [4.69, 9.17) is 0 Å². The van der Waals surface area contributed by atoms with Crippen LogP contribution in [0.2, 0.25) is 0 Å². The summed E-state index contributed by atoms with van der Waals surface area (Å²) >= 11 is 3.47. The maximum absolute atomic E-state index is 14.7. The number of sulfonamides is 1. The highest BCUT2D eigenvalue weighted by molar-refractivity contribution is 9.10. The molecule has 1 saturated carbocycles. The highest BCUT2D eigenvalue weighted by atomic mass is 79.9. The van der Waals surface area contributed by atoms with Gasteiger partial charge in [0.25, 0.3) is 10.0 Å². The fraction of sp³-hybridized carbons (Fsp3) is 0.316. The Labute approximate surface area is 287 Å². The number of anilines is 1. The van der Waals surface area contributed by atoms with E-state index in [1.165, 1.54) is 0 Å². The van der Waals surface area contributed by atoms with Crippen LogP contribution in [0, 0.1) is 13.8 Å². The Morgan fingerprint density at radius 1 is 0.851 bits per heavy atom. The van der Waals surface area contributed by atoms with E-state index in [9.17, 15) is 18.0 Å². The van der Waals surface area contributed by atoms with Gasteiger partial charge in [-0.1, -0.05) is 114 Å². The van der Waals surface area contributed by atoms with Crippen LogP contribution in [0.3, 0.4) is 0 Å². The van der Waals surface area contributed by atoms with Crippen LogP contribution in [-0.2, 0) is 32.6 Å². The van der Waals surface area contributed by atoms with E-state index in [2.05, 4.69) is 21.2 Å². The lowest BCUT2D eigenvalue weighted by atomic mass is 9.94. The quantitative estimate of drug-likeness (QED) is 0.166. The topological polar surface area (TPSA) is 86.8 Å². The molecule has 0 saturated heterocycles. The SMILES string of the molecule is Cc1ccc(S(=O)(=O)N(CC(=O)N(Cc2ccccc2C)[C@H](Cc2ccccc2)C(=O)NC2CCCCC2)c2cccc(Br)c2)cc1. The van der Waals surface area contributed by atoms with Crippen molar-refractivity contribution in [3.63, 3.8) is 0 Å². The Hall–Kier alpha value is -3.95. The number of nitrogens with one attached hydrogen (secondary N) is 1. The van der Waals surface area contributed by atoms with Gasteiger partial charge in [0.1, 0.15) is 12.6 Å². The van der Waals surface area contributed by atoms with Crippen molar-refractivity contribution in [3.05, 3.63) is 130 Å². The van der Waals surface area contributed by atoms with Crippen LogP contribution < -0.4 is 9.62 Å². The molecule has 1 fully saturated rings. The van der Waals surface area contributed by atoms with Crippen LogP contribution in [0.15, 0.2) is 112 Å². The van der Waals surface area contributed by atoms with Crippen LogP contribution in [0.1, 0.15) is 54.4 Å². The van der Waals surface area contributed by atoms with Gasteiger partial charge in [-0.3, -0.25) is 13.9 Å². The Morgan fingerprint density at radius 2 is 1.53 bits per heavy atom. The molecule has 0 aliphatic heterocycles. The molecule has 47 heavy (non-hydrogen) atoms. The van der Waals surface area contributed by atoms with Crippen molar-refractivity contribution in [1.82, 2.24) is 10.2 Å². The molecular formula is C38H42BrN3O4S. The summed E-state index contributed by atoms with van der Waals surface area (Å²) in [5.41, 5.74) is 4.05. The number of nitrogens with zero attached hydrogens (tertiary/aromatic N) is 2. The molecule has 0 unspecified atom stereocenters. The van der Waals surface area contributed by atoms with Gasteiger partial charge in [0, 0.05) is 23.5 Å². The summed E-state index contributed by atoms with van der Waals surface area (Å²) in [6.45, 7) is 3.53. The molecule has 9 heteroatoms. The molecule has 2 amide bonds. The number of aryl methyl sites for hydroxylation is 2. The molecule has 0 spiro atoms. The second-order valence-electron chi connectivity index (χ2n) is 12.3. The maximum Gasteiger partial charge on any atom is 0.264 e. The Kier molecular flexibility index (Phi) is 11.5. The van der Waals surface area contributed by atoms with Crippen molar-refractivity contribution < 1.29 is 18.0 Å². The summed E-state index contributed by atoms with van der Waals surface area (Å²) in [7, 11) is -4.16. The van der Waals surface area contributed by atoms with Gasteiger partial charge in [-0.15, -0.1) is 0 Å². The van der Waals surface area contributed by atoms with Crippen LogP contribution in [0.4, 0.5) is 5.69 Å². The molecule has 4 aromatic rings. The highest BCUT2D eigenvalue weighted by Gasteiger charge is 2.35. The van der Waals surface area contributed by atoms with Gasteiger partial charge in [0.05, 0.1) is 10.6 Å². The van der Waals surface area contributed by atoms with E-state index in [-0.39, 0.29) is 23.4 Å². The van der Waals surface area contributed by atoms with Gasteiger partial charge in [-0.05, 0) is 73.7 Å². The number of benzene rings is 4. The number of hydrogen-bond acceptors (Lipinski definition) is 4. The average molecular weight is 717 g/mol. The average Bonchev–Trinajstić information content (AvgIpc) is 3.07. The number of carbonyl (C=O) groups is 2. The van der Waals surface area contributed by atoms with E-state index in [1.54, 1.807) is 53.4 Å². The van der Waals surface area contributed by atoms with Crippen molar-refractivity contribution in [2.24, 2.45) is 0 Å². The number of carbonyl (C=O) groups excluding carboxylic acids is 2. The molecule has 7 nitrogen and oxygen atoms in total. The van der Waals surface area contributed by atoms with Crippen LogP contribution in [0.25, 0.3) is 0 Å². The lowest BCUT2D eigenvalue weighted by molar-refractivity contribution is -0.140. The second-order valence-corrected chi connectivity index (χ2v) is 15.1. The third-order valence-corrected chi connectivity index (χ3v) is 11.1. The molecule has 0 heterocycles. The Balaban J connectivity index is 1.57. The molecule has 1 N–H and O–H groups in total. The lowest BCUT2D eigenvalue weighted by Crippen LogP contribution is -2.55. The lowest BCUT2D eigenvalue weighted by Gasteiger charge is -2.35. The van der Waals surface area contributed by atoms with Crippen molar-refractivity contribution >= 4 is 43.5 Å². The predicted octanol–water partition coefficient (Wildman–Crippen LogP) is 7.35. The largest absolute Gasteiger partial charge is 0.352 e. The molecule has 4 aromatic carbocycles. The maximum atomic E-state index is 14.7. The summed E-state index contributed by atoms with van der Waals surface area (Å²) in [4.78, 5) is 30.6. The first-order valence-electron chi connectivity index (χ1n) is 16.1. The van der Waals surface area contributed by atoms with Crippen molar-refractivity contribution in [1.29, 1.82) is 0 Å². The molecule has 1 aliphatic rings. The summed E-state index contributed by atoms with van der Waals surface area (Å²) < 4.78 is 30.3. The van der Waals surface area contributed by atoms with E-state index in [1.807, 2.05) is 68.4 Å². The highest BCUT2D eigenvalue weighted by Crippen LogP contribution is 2.28. The smallest absolute Gasteiger partial charge is 0.264 e. The number of rotatable bonds is 12. The van der Waals surface area contributed by atoms with E-state index >= 15 is 0 Å². The molecule has 246 valence electrons. The molecule has 0 radical (unpaired) electrons. The normalized spacial score (nSPS) is 14.3. The molecule has 1 aliphatic carbocycles. The zero-order chi connectivity index (χ0) is 33.4. The predicted molar refractivity (Wildman–Crippen MR) is 191 cm³/mol. The second kappa shape index (κ2) is 15.8. The minimum atomic E-state index is -4.16. The van der Waals surface area contributed by atoms with Crippen LogP contribution in [0.5, 0.6) is 0 Å². The van der Waals surface area contributed by atoms with Crippen molar-refractivity contribution in [2.75, 3.05) is 10.8 Å². The monoisotopic (exact) mass is 715 g/mol. The van der Waals surface area contributed by atoms with E-state index < -0.39 is 28.5 Å². The summed E-state index contributed by atoms with van der Waals surface area (Å²) in [5.74, 6) is -0.693. The Bertz CT molecular complexity index is 1770. The zero-order valence-electron chi connectivity index (χ0n) is 26.9. The minimum Gasteiger partial charge on any atom is -0.352 e. The summed E-state index contributed by atoms with van der Waals surface area (Å²) in [5, 5.41) is 3.26. The number of hydrogen-bond donors (Lipinski definition) is 1. The van der Waals surface area contributed by atoms with Gasteiger partial charge in [-0.25, -0.2) is 8.42 Å². The zero-order valence-corrected chi connectivity index (χ0v) is 29.3. The fourth-order valence-corrected chi connectivity index (χ4v) is 7.86. The van der Waals surface area contributed by atoms with Gasteiger partial charge >= 0.3 is 0 Å². The standard InChI is InChI=1S/C38H42BrN3O4S/c1-28-20-22-35(23-21-28)47(45,46)42(34-19-11-16-32(39)25-34)27-37(43)41(26-31-15-10-9-12-29(31)2)36(24-30-13-5-3-6-14-30)38(44)40-33-17-7-4-8-18-33/h3,5-6,9-16,19-23,25,33,36H,4,7-8,17-18,24,26-27H2,1-2H3,(H,40,44)/t36-/m1/s1. The molecular weight excluding hydrogens is 674 g/mol. The first-order valence-corrected chi connectivity index (χ1v) is 18.4. The van der Waals surface area contributed by atoms with E-state index in [0.29, 0.717) is 16.6 Å². The van der Waals surface area contributed by atoms with Gasteiger partial charge in [0.15, 0.2) is 0 Å². The minimum absolute atomic E-state index is 0.0463. The Morgan fingerprint density at radius 3 is 2.21 bits per heavy atom. The van der Waals surface area contributed by atoms with Crippen molar-refractivity contribution in [2.45, 2.75) is 75.9 Å². The van der Waals surface area contributed by atoms with E-state index in [0.717, 1.165) is 58.7 Å². The van der Waals surface area contributed by atoms with Gasteiger partial charge in [0.2, 0.25) is 11.8 Å². The van der Waals surface area contributed by atoms with Crippen molar-refractivity contribution in [3.8, 4) is 0 Å². The fourth-order valence-electron chi connectivity index (χ4n) is 6.07. The number of amides is 2. The molecule has 0 bridgehead atoms. The third kappa shape index (κ3) is 8.90. The first-order chi connectivity index (χ1) is 22.6. The summed E-state index contributed by atoms with van der Waals surface area (Å²) in [6, 6.07) is 30.1. The molecule has 1 atom stereocenters. The number of halogens is 1. The molecule has 0 aromatic heterocycles. The van der Waals surface area contributed by atoms with Crippen LogP contribution >= 0.6 is 15.9 Å². The third-order valence-electron chi connectivity index (χ3n) is 8.81.